The van der Waals surface area contributed by atoms with Gasteiger partial charge in [-0.15, -0.1) is 5.10 Å². The molecule has 152 valence electrons. The minimum atomic E-state index is -0.469. The second kappa shape index (κ2) is 8.16. The van der Waals surface area contributed by atoms with Crippen LogP contribution in [0.5, 0.6) is 0 Å². The smallest absolute Gasteiger partial charge is 0.340 e. The van der Waals surface area contributed by atoms with Crippen LogP contribution in [-0.4, -0.2) is 25.1 Å². The zero-order valence-electron chi connectivity index (χ0n) is 16.2. The van der Waals surface area contributed by atoms with Crippen molar-refractivity contribution in [2.24, 2.45) is 0 Å². The fraction of sp³-hybridized carbons (Fsp3) is 0.143. The third kappa shape index (κ3) is 4.19. The van der Waals surface area contributed by atoms with Gasteiger partial charge in [-0.25, -0.2) is 18.3 Å². The average Bonchev–Trinajstić information content (AvgIpc) is 3.04. The molecule has 0 aliphatic heterocycles. The van der Waals surface area contributed by atoms with Crippen molar-refractivity contribution in [1.29, 1.82) is 0 Å². The number of anilines is 3. The molecule has 0 aliphatic rings. The van der Waals surface area contributed by atoms with Crippen LogP contribution in [-0.2, 0) is 17.8 Å². The highest BCUT2D eigenvalue weighted by Gasteiger charge is 2.13. The van der Waals surface area contributed by atoms with Gasteiger partial charge >= 0.3 is 5.69 Å². The van der Waals surface area contributed by atoms with Crippen molar-refractivity contribution in [3.8, 4) is 0 Å². The summed E-state index contributed by atoms with van der Waals surface area (Å²) in [5.41, 5.74) is 1.94. The molecule has 0 bridgehead atoms. The Bertz CT molecular complexity index is 1260. The highest BCUT2D eigenvalue weighted by Crippen LogP contribution is 2.15. The monoisotopic (exact) mass is 406 g/mol. The molecule has 0 atom stereocenters. The lowest BCUT2D eigenvalue weighted by Gasteiger charge is -2.06. The van der Waals surface area contributed by atoms with Gasteiger partial charge in [-0.1, -0.05) is 19.1 Å². The maximum Gasteiger partial charge on any atom is 0.352 e. The fourth-order valence-corrected chi connectivity index (χ4v) is 2.96. The van der Waals surface area contributed by atoms with Crippen LogP contribution in [0.2, 0.25) is 0 Å². The van der Waals surface area contributed by atoms with E-state index < -0.39 is 5.69 Å². The van der Waals surface area contributed by atoms with Crippen LogP contribution in [0.3, 0.4) is 0 Å². The number of carbonyl (C=O) groups is 1. The van der Waals surface area contributed by atoms with Gasteiger partial charge in [0, 0.05) is 17.6 Å². The molecule has 0 saturated heterocycles. The van der Waals surface area contributed by atoms with Crippen molar-refractivity contribution in [1.82, 2.24) is 19.2 Å². The second-order valence-corrected chi connectivity index (χ2v) is 6.66. The number of nitrogens with zero attached hydrogens (tertiary/aromatic N) is 4. The molecule has 2 aromatic carbocycles. The van der Waals surface area contributed by atoms with E-state index in [0.717, 1.165) is 16.7 Å². The van der Waals surface area contributed by atoms with Crippen LogP contribution in [0.15, 0.2) is 65.6 Å². The van der Waals surface area contributed by atoms with Crippen molar-refractivity contribution >= 4 is 28.9 Å². The third-order valence-corrected chi connectivity index (χ3v) is 4.48. The predicted octanol–water partition coefficient (Wildman–Crippen LogP) is 2.97. The maximum absolute atomic E-state index is 13.0. The maximum atomic E-state index is 13.0. The van der Waals surface area contributed by atoms with Crippen molar-refractivity contribution < 1.29 is 9.18 Å². The van der Waals surface area contributed by atoms with E-state index in [2.05, 4.69) is 20.7 Å². The topological polar surface area (TPSA) is 93.3 Å². The summed E-state index contributed by atoms with van der Waals surface area (Å²) in [5.74, 6) is -0.118. The lowest BCUT2D eigenvalue weighted by atomic mass is 10.1. The number of benzene rings is 2. The molecule has 2 heterocycles. The molecule has 9 heteroatoms. The van der Waals surface area contributed by atoms with Crippen LogP contribution < -0.4 is 16.3 Å². The summed E-state index contributed by atoms with van der Waals surface area (Å²) in [6.07, 6.45) is 2.37. The Morgan fingerprint density at radius 1 is 1.10 bits per heavy atom. The van der Waals surface area contributed by atoms with Gasteiger partial charge in [0.2, 0.25) is 5.91 Å². The van der Waals surface area contributed by atoms with Crippen molar-refractivity contribution in [2.45, 2.75) is 19.9 Å². The number of amides is 1. The summed E-state index contributed by atoms with van der Waals surface area (Å²) in [7, 11) is 0. The zero-order chi connectivity index (χ0) is 21.1. The number of rotatable bonds is 6. The van der Waals surface area contributed by atoms with Gasteiger partial charge in [0.05, 0.1) is 0 Å². The van der Waals surface area contributed by atoms with Gasteiger partial charge in [-0.05, 0) is 54.4 Å². The number of aryl methyl sites for hydroxylation is 1. The molecule has 0 aliphatic carbocycles. The lowest BCUT2D eigenvalue weighted by Crippen LogP contribution is -2.28. The largest absolute Gasteiger partial charge is 0.352 e. The molecule has 0 fully saturated rings. The van der Waals surface area contributed by atoms with E-state index in [1.807, 2.05) is 25.1 Å². The Balaban J connectivity index is 1.51. The Morgan fingerprint density at radius 2 is 1.90 bits per heavy atom. The van der Waals surface area contributed by atoms with Crippen LogP contribution in [0, 0.1) is 5.82 Å². The molecule has 2 N–H and O–H groups in total. The van der Waals surface area contributed by atoms with E-state index in [1.165, 1.54) is 22.7 Å². The van der Waals surface area contributed by atoms with E-state index in [-0.39, 0.29) is 24.0 Å². The average molecular weight is 406 g/mol. The van der Waals surface area contributed by atoms with E-state index in [9.17, 15) is 14.0 Å². The number of hydrogen-bond donors (Lipinski definition) is 2. The minimum absolute atomic E-state index is 0.146. The van der Waals surface area contributed by atoms with Crippen molar-refractivity contribution in [3.05, 3.63) is 82.7 Å². The van der Waals surface area contributed by atoms with Gasteiger partial charge in [0.25, 0.3) is 5.78 Å². The van der Waals surface area contributed by atoms with Gasteiger partial charge < -0.3 is 10.6 Å². The minimum Gasteiger partial charge on any atom is -0.340 e. The van der Waals surface area contributed by atoms with Gasteiger partial charge in [-0.2, -0.15) is 4.98 Å². The molecule has 0 spiro atoms. The van der Waals surface area contributed by atoms with Crippen molar-refractivity contribution in [3.63, 3.8) is 0 Å². The normalized spacial score (nSPS) is 10.9. The Hall–Kier alpha value is -4.01. The summed E-state index contributed by atoms with van der Waals surface area (Å²) < 4.78 is 15.3. The fourth-order valence-electron chi connectivity index (χ4n) is 2.96. The predicted molar refractivity (Wildman–Crippen MR) is 111 cm³/mol. The summed E-state index contributed by atoms with van der Waals surface area (Å²) >= 11 is 0. The number of carbonyl (C=O) groups excluding carboxylic acids is 1. The summed E-state index contributed by atoms with van der Waals surface area (Å²) in [6.45, 7) is 1.79. The molecule has 2 aromatic heterocycles. The molecule has 0 radical (unpaired) electrons. The molecule has 8 nitrogen and oxygen atoms in total. The van der Waals surface area contributed by atoms with Crippen molar-refractivity contribution in [2.75, 3.05) is 10.6 Å². The molecular formula is C21H19FN6O2. The molecule has 4 aromatic rings. The third-order valence-electron chi connectivity index (χ3n) is 4.48. The Labute approximate surface area is 171 Å². The number of fused-ring (bicyclic) bond motifs is 1. The molecular weight excluding hydrogens is 387 g/mol. The zero-order valence-corrected chi connectivity index (χ0v) is 16.2. The second-order valence-electron chi connectivity index (χ2n) is 6.66. The lowest BCUT2D eigenvalue weighted by molar-refractivity contribution is -0.117. The highest BCUT2D eigenvalue weighted by atomic mass is 19.1. The molecule has 1 amide bonds. The Kier molecular flexibility index (Phi) is 5.25. The first-order chi connectivity index (χ1) is 14.5. The van der Waals surface area contributed by atoms with Gasteiger partial charge in [0.1, 0.15) is 18.2 Å². The van der Waals surface area contributed by atoms with Gasteiger partial charge in [0.15, 0.2) is 0 Å². The van der Waals surface area contributed by atoms with Crippen LogP contribution in [0.1, 0.15) is 12.5 Å². The highest BCUT2D eigenvalue weighted by molar-refractivity contribution is 5.90. The molecule has 0 saturated carbocycles. The van der Waals surface area contributed by atoms with E-state index >= 15 is 0 Å². The quantitative estimate of drug-likeness (QED) is 0.514. The van der Waals surface area contributed by atoms with E-state index in [1.54, 1.807) is 24.3 Å². The summed E-state index contributed by atoms with van der Waals surface area (Å²) in [5, 5.41) is 9.93. The first kappa shape index (κ1) is 19.3. The molecule has 4 rings (SSSR count). The van der Waals surface area contributed by atoms with E-state index in [0.29, 0.717) is 17.2 Å². The van der Waals surface area contributed by atoms with Crippen LogP contribution in [0.25, 0.3) is 5.78 Å². The SMILES string of the molecule is CCc1cccc(NC(=O)Cn2nc3nc(Nc4ccc(F)cc4)ccn3c2=O)c1. The molecule has 0 unspecified atom stereocenters. The molecule has 30 heavy (non-hydrogen) atoms. The Morgan fingerprint density at radius 3 is 2.67 bits per heavy atom. The van der Waals surface area contributed by atoms with Crippen LogP contribution in [0.4, 0.5) is 21.6 Å². The number of aromatic nitrogens is 4. The first-order valence-electron chi connectivity index (χ1n) is 9.39. The standard InChI is InChI=1S/C21H19FN6O2/c1-2-14-4-3-5-17(12-14)24-19(29)13-28-21(30)27-11-10-18(25-20(27)26-28)23-16-8-6-15(22)7-9-16/h3-12H,2,13H2,1H3,(H,24,29)(H,23,25,26). The first-order valence-corrected chi connectivity index (χ1v) is 9.39. The number of nitrogens with one attached hydrogen (secondary N) is 2. The summed E-state index contributed by atoms with van der Waals surface area (Å²) in [4.78, 5) is 29.2. The van der Waals surface area contributed by atoms with Crippen LogP contribution >= 0.6 is 0 Å². The summed E-state index contributed by atoms with van der Waals surface area (Å²) in [6, 6.07) is 14.9. The number of hydrogen-bond acceptors (Lipinski definition) is 5. The van der Waals surface area contributed by atoms with Gasteiger partial charge in [-0.3, -0.25) is 4.79 Å². The van der Waals surface area contributed by atoms with E-state index in [4.69, 9.17) is 0 Å². The number of halogens is 1.